The van der Waals surface area contributed by atoms with Crippen LogP contribution in [0.2, 0.25) is 0 Å². The van der Waals surface area contributed by atoms with Crippen LogP contribution in [0.1, 0.15) is 30.1 Å². The van der Waals surface area contributed by atoms with Crippen molar-refractivity contribution in [2.75, 3.05) is 20.3 Å². The summed E-state index contributed by atoms with van der Waals surface area (Å²) >= 11 is 4.79. The molecule has 1 atom stereocenters. The third-order valence-electron chi connectivity index (χ3n) is 5.91. The lowest BCUT2D eigenvalue weighted by atomic mass is 10.1. The maximum atomic E-state index is 13.5. The van der Waals surface area contributed by atoms with Crippen LogP contribution in [0.5, 0.6) is 5.75 Å². The molecular weight excluding hydrogens is 526 g/mol. The Morgan fingerprint density at radius 2 is 1.97 bits per heavy atom. The largest absolute Gasteiger partial charge is 0.496 e. The molecule has 4 rings (SSSR count). The van der Waals surface area contributed by atoms with Gasteiger partial charge in [0.1, 0.15) is 23.2 Å². The highest BCUT2D eigenvalue weighted by Crippen LogP contribution is 2.35. The summed E-state index contributed by atoms with van der Waals surface area (Å²) in [6, 6.07) is 7.50. The summed E-state index contributed by atoms with van der Waals surface area (Å²) in [5.41, 5.74) is 5.70. The van der Waals surface area contributed by atoms with E-state index in [2.05, 4.69) is 15.9 Å². The monoisotopic (exact) mass is 551 g/mol. The molecule has 9 nitrogen and oxygen atoms in total. The van der Waals surface area contributed by atoms with E-state index in [0.29, 0.717) is 34.7 Å². The van der Waals surface area contributed by atoms with E-state index in [9.17, 15) is 14.4 Å². The summed E-state index contributed by atoms with van der Waals surface area (Å²) in [6.45, 7) is 2.63. The Labute approximate surface area is 208 Å². The van der Waals surface area contributed by atoms with Gasteiger partial charge < -0.3 is 19.9 Å². The van der Waals surface area contributed by atoms with E-state index in [0.717, 1.165) is 26.8 Å². The van der Waals surface area contributed by atoms with Gasteiger partial charge in [-0.15, -0.1) is 11.3 Å². The van der Waals surface area contributed by atoms with Crippen molar-refractivity contribution in [2.24, 2.45) is 5.73 Å². The Bertz CT molecular complexity index is 1320. The predicted molar refractivity (Wildman–Crippen MR) is 133 cm³/mol. The second-order valence-electron chi connectivity index (χ2n) is 8.11. The number of carbonyl (C=O) groups is 1. The van der Waals surface area contributed by atoms with Crippen molar-refractivity contribution < 1.29 is 19.0 Å². The van der Waals surface area contributed by atoms with Crippen molar-refractivity contribution in [3.63, 3.8) is 0 Å². The summed E-state index contributed by atoms with van der Waals surface area (Å²) in [5.74, 6) is -0.130. The van der Waals surface area contributed by atoms with Crippen LogP contribution in [0.15, 0.2) is 37.6 Å². The van der Waals surface area contributed by atoms with Gasteiger partial charge in [0.15, 0.2) is 0 Å². The fraction of sp³-hybridized carbons (Fsp3) is 0.435. The Kier molecular flexibility index (Phi) is 7.56. The second kappa shape index (κ2) is 10.4. The number of aromatic nitrogens is 2. The average molecular weight is 552 g/mol. The second-order valence-corrected chi connectivity index (χ2v) is 10.4. The molecule has 1 aromatic carbocycles. The fourth-order valence-corrected chi connectivity index (χ4v) is 5.87. The van der Waals surface area contributed by atoms with Crippen molar-refractivity contribution in [3.05, 3.63) is 60.0 Å². The quantitative estimate of drug-likeness (QED) is 0.460. The number of carbonyl (C=O) groups excluding carboxylic acids is 1. The van der Waals surface area contributed by atoms with Crippen LogP contribution < -0.4 is 21.7 Å². The average Bonchev–Trinajstić information content (AvgIpc) is 3.13. The van der Waals surface area contributed by atoms with Crippen LogP contribution in [0, 0.1) is 6.92 Å². The van der Waals surface area contributed by atoms with Gasteiger partial charge in [-0.05, 0) is 47.3 Å². The molecule has 1 aliphatic rings. The Hall–Kier alpha value is -2.47. The summed E-state index contributed by atoms with van der Waals surface area (Å²) in [4.78, 5) is 38.7. The lowest BCUT2D eigenvalue weighted by Gasteiger charge is -2.29. The molecule has 0 spiro atoms. The number of benzene rings is 1. The number of para-hydroxylation sites is 1. The van der Waals surface area contributed by atoms with Gasteiger partial charge in [-0.25, -0.2) is 4.79 Å². The molecule has 0 radical (unpaired) electrons. The number of hydrogen-bond acceptors (Lipinski definition) is 7. The van der Waals surface area contributed by atoms with Crippen LogP contribution in [0.3, 0.4) is 0 Å². The van der Waals surface area contributed by atoms with Crippen LogP contribution in [0.4, 0.5) is 0 Å². The minimum Gasteiger partial charge on any atom is -0.496 e. The standard InChI is InChI=1S/C23H26BrN3O6S/c1-13-19-21(29)26(12-18(25)28)23(30)27(22(19)34-20(13)24)11-17(33-14-7-9-32-10-8-14)15-5-3-4-6-16(15)31-2/h3-6,14,17H,7-12H2,1-2H3,(H2,25,28)/t17-/m1/s1. The number of ether oxygens (including phenoxy) is 3. The first-order valence-electron chi connectivity index (χ1n) is 10.9. The topological polar surface area (TPSA) is 115 Å². The third kappa shape index (κ3) is 4.83. The molecule has 34 heavy (non-hydrogen) atoms. The number of primary amides is 1. The number of fused-ring (bicyclic) bond motifs is 1. The number of aryl methyl sites for hydroxylation is 1. The van der Waals surface area contributed by atoms with Gasteiger partial charge in [-0.3, -0.25) is 18.7 Å². The summed E-state index contributed by atoms with van der Waals surface area (Å²) < 4.78 is 20.7. The SMILES string of the molecule is COc1ccccc1[C@@H](Cn1c(=O)n(CC(N)=O)c(=O)c2c(C)c(Br)sc21)OC1CCOCC1. The number of nitrogens with zero attached hydrogens (tertiary/aromatic N) is 2. The first-order chi connectivity index (χ1) is 16.3. The number of methoxy groups -OCH3 is 1. The Morgan fingerprint density at radius 3 is 2.65 bits per heavy atom. The highest BCUT2D eigenvalue weighted by molar-refractivity contribution is 9.11. The maximum absolute atomic E-state index is 13.5. The zero-order valence-corrected chi connectivity index (χ0v) is 21.3. The number of hydrogen-bond donors (Lipinski definition) is 1. The van der Waals surface area contributed by atoms with Crippen molar-refractivity contribution >= 4 is 43.4 Å². The molecule has 3 heterocycles. The van der Waals surface area contributed by atoms with E-state index in [-0.39, 0.29) is 12.6 Å². The Balaban J connectivity index is 1.88. The molecule has 1 amide bonds. The number of nitrogens with two attached hydrogens (primary N) is 1. The number of thiophene rings is 1. The van der Waals surface area contributed by atoms with E-state index in [4.69, 9.17) is 19.9 Å². The van der Waals surface area contributed by atoms with E-state index in [1.54, 1.807) is 14.0 Å². The zero-order chi connectivity index (χ0) is 24.4. The molecule has 0 saturated carbocycles. The number of rotatable bonds is 8. The normalized spacial score (nSPS) is 15.5. The van der Waals surface area contributed by atoms with Gasteiger partial charge in [0.05, 0.1) is 28.9 Å². The molecule has 1 aliphatic heterocycles. The first-order valence-corrected chi connectivity index (χ1v) is 12.5. The summed E-state index contributed by atoms with van der Waals surface area (Å²) in [6.07, 6.45) is 0.880. The van der Waals surface area contributed by atoms with Crippen LogP contribution >= 0.6 is 27.3 Å². The van der Waals surface area contributed by atoms with Crippen molar-refractivity contribution in [1.82, 2.24) is 9.13 Å². The fourth-order valence-electron chi connectivity index (χ4n) is 4.18. The Morgan fingerprint density at radius 1 is 1.26 bits per heavy atom. The molecule has 1 saturated heterocycles. The van der Waals surface area contributed by atoms with E-state index in [1.807, 2.05) is 24.3 Å². The lowest BCUT2D eigenvalue weighted by Crippen LogP contribution is -2.43. The molecular formula is C23H26BrN3O6S. The minimum absolute atomic E-state index is 0.0526. The zero-order valence-electron chi connectivity index (χ0n) is 18.9. The molecule has 0 bridgehead atoms. The first kappa shape index (κ1) is 24.6. The van der Waals surface area contributed by atoms with Crippen molar-refractivity contribution in [2.45, 2.75) is 45.1 Å². The van der Waals surface area contributed by atoms with E-state index < -0.39 is 29.8 Å². The lowest BCUT2D eigenvalue weighted by molar-refractivity contribution is -0.118. The molecule has 0 unspecified atom stereocenters. The predicted octanol–water partition coefficient (Wildman–Crippen LogP) is 2.73. The van der Waals surface area contributed by atoms with Gasteiger partial charge >= 0.3 is 5.69 Å². The smallest absolute Gasteiger partial charge is 0.332 e. The van der Waals surface area contributed by atoms with E-state index >= 15 is 0 Å². The number of amides is 1. The molecule has 3 aromatic rings. The van der Waals surface area contributed by atoms with Gasteiger partial charge in [-0.1, -0.05) is 18.2 Å². The summed E-state index contributed by atoms with van der Waals surface area (Å²) in [7, 11) is 1.58. The molecule has 2 aromatic heterocycles. The molecule has 11 heteroatoms. The minimum atomic E-state index is -0.767. The van der Waals surface area contributed by atoms with Gasteiger partial charge in [0.2, 0.25) is 5.91 Å². The van der Waals surface area contributed by atoms with Gasteiger partial charge in [-0.2, -0.15) is 0 Å². The summed E-state index contributed by atoms with van der Waals surface area (Å²) in [5, 5.41) is 0.377. The van der Waals surface area contributed by atoms with Crippen molar-refractivity contribution in [3.8, 4) is 5.75 Å². The molecule has 0 aliphatic carbocycles. The van der Waals surface area contributed by atoms with Crippen LogP contribution in [-0.4, -0.2) is 41.5 Å². The van der Waals surface area contributed by atoms with E-state index in [1.165, 1.54) is 15.9 Å². The van der Waals surface area contributed by atoms with Crippen LogP contribution in [-0.2, 0) is 27.4 Å². The van der Waals surface area contributed by atoms with Crippen molar-refractivity contribution in [1.29, 1.82) is 0 Å². The highest BCUT2D eigenvalue weighted by Gasteiger charge is 2.27. The van der Waals surface area contributed by atoms with Gasteiger partial charge in [0.25, 0.3) is 5.56 Å². The maximum Gasteiger partial charge on any atom is 0.332 e. The highest BCUT2D eigenvalue weighted by atomic mass is 79.9. The van der Waals surface area contributed by atoms with Gasteiger partial charge in [0, 0.05) is 18.8 Å². The molecule has 1 fully saturated rings. The molecule has 182 valence electrons. The molecule has 2 N–H and O–H groups in total. The third-order valence-corrected chi connectivity index (χ3v) is 8.09. The number of halogens is 1. The van der Waals surface area contributed by atoms with Crippen LogP contribution in [0.25, 0.3) is 10.2 Å².